The van der Waals surface area contributed by atoms with Crippen molar-refractivity contribution in [3.05, 3.63) is 53.8 Å². The van der Waals surface area contributed by atoms with E-state index in [9.17, 15) is 4.79 Å². The van der Waals surface area contributed by atoms with Crippen LogP contribution in [0.25, 0.3) is 0 Å². The van der Waals surface area contributed by atoms with Crippen LogP contribution in [0, 0.1) is 0 Å². The van der Waals surface area contributed by atoms with Crippen LogP contribution in [0.5, 0.6) is 0 Å². The number of carbonyl (C=O) groups is 1. The highest BCUT2D eigenvalue weighted by atomic mass is 16.1. The first kappa shape index (κ1) is 17.9. The summed E-state index contributed by atoms with van der Waals surface area (Å²) in [5.74, 6) is 0. The van der Waals surface area contributed by atoms with Crippen LogP contribution in [0.1, 0.15) is 33.3 Å². The van der Waals surface area contributed by atoms with Crippen molar-refractivity contribution >= 4 is 18.7 Å². The van der Waals surface area contributed by atoms with E-state index in [-0.39, 0.29) is 11.5 Å². The molecule has 1 rings (SSSR count). The predicted octanol–water partition coefficient (Wildman–Crippen LogP) is 4.15. The minimum Gasteiger partial charge on any atom is -0.361 e. The van der Waals surface area contributed by atoms with Gasteiger partial charge in [0, 0.05) is 18.9 Å². The van der Waals surface area contributed by atoms with Crippen molar-refractivity contribution < 1.29 is 4.79 Å². The maximum absolute atomic E-state index is 11.6. The Morgan fingerprint density at radius 1 is 1.27 bits per heavy atom. The lowest BCUT2D eigenvalue weighted by molar-refractivity contribution is -0.108. The maximum atomic E-state index is 11.6. The van der Waals surface area contributed by atoms with E-state index >= 15 is 0 Å². The second kappa shape index (κ2) is 7.74. The van der Waals surface area contributed by atoms with Gasteiger partial charge in [-0.3, -0.25) is 4.99 Å². The Labute approximate surface area is 134 Å². The lowest BCUT2D eigenvalue weighted by atomic mass is 9.87. The first-order chi connectivity index (χ1) is 10.3. The maximum Gasteiger partial charge on any atom is 0.147 e. The number of carbonyl (C=O) groups excluding carboxylic acids is 1. The first-order valence-corrected chi connectivity index (χ1v) is 7.42. The van der Waals surface area contributed by atoms with E-state index in [0.717, 1.165) is 17.5 Å². The second-order valence-electron chi connectivity index (χ2n) is 6.30. The number of hydrogen-bond donors (Lipinski definition) is 0. The Bertz CT molecular complexity index is 562. The number of likely N-dealkylation sites (N-methyl/N-ethyl adjacent to an activating group) is 1. The lowest BCUT2D eigenvalue weighted by Crippen LogP contribution is -2.34. The minimum absolute atomic E-state index is 0.115. The first-order valence-electron chi connectivity index (χ1n) is 7.42. The molecule has 3 heteroatoms. The van der Waals surface area contributed by atoms with Crippen molar-refractivity contribution in [2.75, 3.05) is 11.9 Å². The van der Waals surface area contributed by atoms with Gasteiger partial charge in [0.05, 0.1) is 0 Å². The summed E-state index contributed by atoms with van der Waals surface area (Å²) in [4.78, 5) is 17.3. The quantitative estimate of drug-likeness (QED) is 0.449. The minimum atomic E-state index is -0.387. The smallest absolute Gasteiger partial charge is 0.147 e. The summed E-state index contributed by atoms with van der Waals surface area (Å²) in [6.07, 6.45) is 6.32. The molecule has 0 bridgehead atoms. The van der Waals surface area contributed by atoms with Gasteiger partial charge in [0.25, 0.3) is 0 Å². The van der Waals surface area contributed by atoms with Gasteiger partial charge in [-0.05, 0) is 42.3 Å². The van der Waals surface area contributed by atoms with Crippen LogP contribution in [0.2, 0.25) is 0 Å². The third kappa shape index (κ3) is 4.42. The molecular weight excluding hydrogens is 272 g/mol. The molecule has 1 atom stereocenters. The zero-order valence-corrected chi connectivity index (χ0v) is 14.2. The summed E-state index contributed by atoms with van der Waals surface area (Å²) in [5.41, 5.74) is 3.19. The predicted molar refractivity (Wildman–Crippen MR) is 95.8 cm³/mol. The van der Waals surface area contributed by atoms with Crippen LogP contribution in [-0.2, 0) is 10.2 Å². The van der Waals surface area contributed by atoms with Gasteiger partial charge in [-0.1, -0.05) is 45.1 Å². The molecular formula is C19H26N2O. The zero-order chi connectivity index (χ0) is 16.8. The van der Waals surface area contributed by atoms with Gasteiger partial charge >= 0.3 is 0 Å². The van der Waals surface area contributed by atoms with Crippen LogP contribution < -0.4 is 4.90 Å². The largest absolute Gasteiger partial charge is 0.361 e. The number of aliphatic imine (C=N–C) groups is 1. The third-order valence-electron chi connectivity index (χ3n) is 3.63. The molecule has 1 unspecified atom stereocenters. The Kier molecular flexibility index (Phi) is 6.29. The molecule has 0 saturated carbocycles. The molecule has 0 saturated heterocycles. The highest BCUT2D eigenvalue weighted by Crippen LogP contribution is 2.26. The van der Waals surface area contributed by atoms with Gasteiger partial charge in [0.1, 0.15) is 12.3 Å². The van der Waals surface area contributed by atoms with Crippen LogP contribution in [-0.4, -0.2) is 26.1 Å². The van der Waals surface area contributed by atoms with Crippen LogP contribution >= 0.6 is 0 Å². The van der Waals surface area contributed by atoms with Gasteiger partial charge < -0.3 is 9.69 Å². The number of benzene rings is 1. The molecule has 0 aliphatic rings. The number of rotatable bonds is 6. The number of nitrogens with zero attached hydrogens (tertiary/aromatic N) is 2. The van der Waals surface area contributed by atoms with E-state index in [0.29, 0.717) is 0 Å². The molecule has 3 nitrogen and oxygen atoms in total. The Hall–Kier alpha value is -2.16. The average Bonchev–Trinajstić information content (AvgIpc) is 2.47. The SMILES string of the molecule is C=N/C=C(\C=C/C)C(C=O)N(C)c1ccc(C(C)(C)C)cc1. The van der Waals surface area contributed by atoms with E-state index in [2.05, 4.69) is 44.6 Å². The number of hydrogen-bond acceptors (Lipinski definition) is 3. The van der Waals surface area contributed by atoms with E-state index in [1.54, 1.807) is 6.20 Å². The topological polar surface area (TPSA) is 32.7 Å². The molecule has 0 radical (unpaired) electrons. The standard InChI is InChI=1S/C19H26N2O/c1-7-8-15(13-20-5)18(14-22)21(6)17-11-9-16(10-12-17)19(2,3)4/h7-14,18H,5H2,1-4,6H3/b8-7-,15-13+. The lowest BCUT2D eigenvalue weighted by Gasteiger charge is -2.27. The van der Waals surface area contributed by atoms with Crippen molar-refractivity contribution in [3.8, 4) is 0 Å². The molecule has 0 aromatic heterocycles. The molecule has 0 fully saturated rings. The highest BCUT2D eigenvalue weighted by Gasteiger charge is 2.19. The molecule has 0 heterocycles. The fraction of sp³-hybridized carbons (Fsp3) is 0.368. The molecule has 0 spiro atoms. The summed E-state index contributed by atoms with van der Waals surface area (Å²) >= 11 is 0. The molecule has 1 aromatic rings. The van der Waals surface area contributed by atoms with Gasteiger partial charge in [-0.15, -0.1) is 0 Å². The molecule has 0 aliphatic carbocycles. The summed E-state index contributed by atoms with van der Waals surface area (Å²) < 4.78 is 0. The van der Waals surface area contributed by atoms with Crippen molar-refractivity contribution in [2.24, 2.45) is 4.99 Å². The Morgan fingerprint density at radius 3 is 2.27 bits per heavy atom. The van der Waals surface area contributed by atoms with E-state index in [1.165, 1.54) is 5.56 Å². The third-order valence-corrected chi connectivity index (χ3v) is 3.63. The van der Waals surface area contributed by atoms with Crippen molar-refractivity contribution in [1.29, 1.82) is 0 Å². The average molecular weight is 298 g/mol. The number of allylic oxidation sites excluding steroid dienone is 1. The van der Waals surface area contributed by atoms with Crippen molar-refractivity contribution in [3.63, 3.8) is 0 Å². The van der Waals surface area contributed by atoms with Crippen LogP contribution in [0.3, 0.4) is 0 Å². The van der Waals surface area contributed by atoms with Gasteiger partial charge in [0.15, 0.2) is 0 Å². The van der Waals surface area contributed by atoms with Gasteiger partial charge in [0.2, 0.25) is 0 Å². The molecule has 1 aromatic carbocycles. The van der Waals surface area contributed by atoms with Gasteiger partial charge in [-0.2, -0.15) is 0 Å². The Balaban J connectivity index is 3.11. The zero-order valence-electron chi connectivity index (χ0n) is 14.2. The monoisotopic (exact) mass is 298 g/mol. The number of aldehydes is 1. The molecule has 0 amide bonds. The second-order valence-corrected chi connectivity index (χ2v) is 6.30. The summed E-state index contributed by atoms with van der Waals surface area (Å²) in [5, 5.41) is 0. The van der Waals surface area contributed by atoms with Crippen molar-refractivity contribution in [2.45, 2.75) is 39.2 Å². The van der Waals surface area contributed by atoms with Crippen LogP contribution in [0.4, 0.5) is 5.69 Å². The molecule has 118 valence electrons. The van der Waals surface area contributed by atoms with E-state index in [4.69, 9.17) is 0 Å². The molecule has 0 N–H and O–H groups in total. The van der Waals surface area contributed by atoms with Crippen LogP contribution in [0.15, 0.2) is 53.2 Å². The van der Waals surface area contributed by atoms with Crippen molar-refractivity contribution in [1.82, 2.24) is 0 Å². The molecule has 0 aliphatic heterocycles. The summed E-state index contributed by atoms with van der Waals surface area (Å²) in [6, 6.07) is 7.93. The van der Waals surface area contributed by atoms with E-state index < -0.39 is 0 Å². The fourth-order valence-electron chi connectivity index (χ4n) is 2.27. The summed E-state index contributed by atoms with van der Waals surface area (Å²) in [7, 11) is 1.91. The highest BCUT2D eigenvalue weighted by molar-refractivity contribution is 5.72. The van der Waals surface area contributed by atoms with E-state index in [1.807, 2.05) is 43.2 Å². The summed E-state index contributed by atoms with van der Waals surface area (Å²) in [6.45, 7) is 11.9. The normalized spacial score (nSPS) is 14.0. The fourth-order valence-corrected chi connectivity index (χ4v) is 2.27. The Morgan fingerprint density at radius 2 is 1.86 bits per heavy atom. The molecule has 22 heavy (non-hydrogen) atoms. The van der Waals surface area contributed by atoms with Gasteiger partial charge in [-0.25, -0.2) is 0 Å². The number of anilines is 1.